The lowest BCUT2D eigenvalue weighted by Crippen LogP contribution is -2.39. The quantitative estimate of drug-likeness (QED) is 0.522. The second kappa shape index (κ2) is 9.46. The molecule has 3 fully saturated rings. The Labute approximate surface area is 216 Å². The first-order chi connectivity index (χ1) is 17.9. The third-order valence-electron chi connectivity index (χ3n) is 8.22. The summed E-state index contributed by atoms with van der Waals surface area (Å²) in [6.07, 6.45) is 9.64. The molecule has 10 heteroatoms. The highest BCUT2D eigenvalue weighted by molar-refractivity contribution is 5.75. The van der Waals surface area contributed by atoms with E-state index in [1.165, 1.54) is 0 Å². The maximum absolute atomic E-state index is 13.8. The molecule has 1 atom stereocenters. The Kier molecular flexibility index (Phi) is 6.12. The van der Waals surface area contributed by atoms with E-state index in [1.807, 2.05) is 16.4 Å². The van der Waals surface area contributed by atoms with Crippen LogP contribution in [0.15, 0.2) is 17.3 Å². The standard InChI is InChI=1S/C27H34N8O2/c1-15-22(23(20-6-7-20)31-14-30-15)24-29-13-21-26(33-24)35(16(2)19-4-5-19)27(37)25(32-21)28-12-18-8-10-34(11-9-18)17(3)36/h13-14,16,18-20H,4-12H2,1-3H3,(H,28,32)/t16-/m0/s1. The Morgan fingerprint density at radius 1 is 1.08 bits per heavy atom. The lowest BCUT2D eigenvalue weighted by Gasteiger charge is -2.31. The third kappa shape index (κ3) is 4.69. The first kappa shape index (κ1) is 23.9. The minimum atomic E-state index is -0.138. The zero-order chi connectivity index (χ0) is 25.7. The monoisotopic (exact) mass is 502 g/mol. The first-order valence-corrected chi connectivity index (χ1v) is 13.5. The van der Waals surface area contributed by atoms with Crippen molar-refractivity contribution < 1.29 is 4.79 Å². The van der Waals surface area contributed by atoms with Crippen LogP contribution in [0.4, 0.5) is 5.82 Å². The number of aryl methyl sites for hydroxylation is 1. The molecule has 1 aliphatic heterocycles. The molecule has 37 heavy (non-hydrogen) atoms. The zero-order valence-electron chi connectivity index (χ0n) is 21.8. The number of piperidine rings is 1. The summed E-state index contributed by atoms with van der Waals surface area (Å²) < 4.78 is 1.82. The van der Waals surface area contributed by atoms with Crippen LogP contribution in [0.1, 0.15) is 75.7 Å². The fourth-order valence-electron chi connectivity index (χ4n) is 5.53. The number of nitrogens with one attached hydrogen (secondary N) is 1. The summed E-state index contributed by atoms with van der Waals surface area (Å²) in [6, 6.07) is 0.0242. The van der Waals surface area contributed by atoms with Gasteiger partial charge in [-0.25, -0.2) is 24.9 Å². The van der Waals surface area contributed by atoms with Crippen LogP contribution in [0, 0.1) is 18.8 Å². The zero-order valence-corrected chi connectivity index (χ0v) is 21.8. The fourth-order valence-corrected chi connectivity index (χ4v) is 5.53. The number of nitrogens with zero attached hydrogens (tertiary/aromatic N) is 7. The van der Waals surface area contributed by atoms with Gasteiger partial charge in [0.05, 0.1) is 23.1 Å². The van der Waals surface area contributed by atoms with Gasteiger partial charge in [-0.1, -0.05) is 0 Å². The van der Waals surface area contributed by atoms with Crippen LogP contribution in [0.3, 0.4) is 0 Å². The molecule has 1 saturated heterocycles. The van der Waals surface area contributed by atoms with Crippen molar-refractivity contribution in [1.82, 2.24) is 34.4 Å². The largest absolute Gasteiger partial charge is 0.365 e. The van der Waals surface area contributed by atoms with E-state index >= 15 is 0 Å². The Hall–Kier alpha value is -3.43. The van der Waals surface area contributed by atoms with E-state index in [4.69, 9.17) is 4.98 Å². The number of hydrogen-bond donors (Lipinski definition) is 1. The molecule has 194 valence electrons. The summed E-state index contributed by atoms with van der Waals surface area (Å²) in [7, 11) is 0. The topological polar surface area (TPSA) is 119 Å². The van der Waals surface area contributed by atoms with Gasteiger partial charge in [0.15, 0.2) is 17.3 Å². The highest BCUT2D eigenvalue weighted by atomic mass is 16.2. The highest BCUT2D eigenvalue weighted by Crippen LogP contribution is 2.43. The molecule has 4 heterocycles. The van der Waals surface area contributed by atoms with Crippen molar-refractivity contribution in [3.63, 3.8) is 0 Å². The number of rotatable bonds is 7. The van der Waals surface area contributed by atoms with Crippen LogP contribution in [-0.4, -0.2) is 59.9 Å². The minimum absolute atomic E-state index is 0.0242. The molecule has 6 rings (SSSR count). The van der Waals surface area contributed by atoms with E-state index < -0.39 is 0 Å². The Balaban J connectivity index is 1.35. The van der Waals surface area contributed by atoms with E-state index in [0.717, 1.165) is 68.6 Å². The van der Waals surface area contributed by atoms with Gasteiger partial charge in [0.1, 0.15) is 11.8 Å². The number of amides is 1. The normalized spacial score (nSPS) is 19.3. The van der Waals surface area contributed by atoms with Crippen molar-refractivity contribution in [1.29, 1.82) is 0 Å². The summed E-state index contributed by atoms with van der Waals surface area (Å²) in [5.41, 5.74) is 3.76. The molecule has 3 aromatic heterocycles. The first-order valence-electron chi connectivity index (χ1n) is 13.5. The second-order valence-electron chi connectivity index (χ2n) is 10.9. The van der Waals surface area contributed by atoms with Gasteiger partial charge in [-0.05, 0) is 64.2 Å². The van der Waals surface area contributed by atoms with Crippen LogP contribution in [0.25, 0.3) is 22.6 Å². The molecule has 3 aromatic rings. The Bertz CT molecular complexity index is 1400. The minimum Gasteiger partial charge on any atom is -0.365 e. The molecular weight excluding hydrogens is 468 g/mol. The number of carbonyl (C=O) groups excluding carboxylic acids is 1. The third-order valence-corrected chi connectivity index (χ3v) is 8.22. The van der Waals surface area contributed by atoms with Gasteiger partial charge in [-0.3, -0.25) is 14.2 Å². The van der Waals surface area contributed by atoms with E-state index in [9.17, 15) is 9.59 Å². The van der Waals surface area contributed by atoms with Crippen LogP contribution in [0.5, 0.6) is 0 Å². The number of fused-ring (bicyclic) bond motifs is 1. The van der Waals surface area contributed by atoms with Crippen LogP contribution >= 0.6 is 0 Å². The lowest BCUT2D eigenvalue weighted by atomic mass is 9.97. The van der Waals surface area contributed by atoms with Crippen LogP contribution < -0.4 is 10.9 Å². The number of anilines is 1. The molecule has 0 radical (unpaired) electrons. The van der Waals surface area contributed by atoms with Gasteiger partial charge in [0.25, 0.3) is 5.56 Å². The van der Waals surface area contributed by atoms with Crippen molar-refractivity contribution in [2.45, 2.75) is 71.3 Å². The Morgan fingerprint density at radius 3 is 2.51 bits per heavy atom. The molecule has 3 aliphatic rings. The summed E-state index contributed by atoms with van der Waals surface area (Å²) in [6.45, 7) is 7.86. The molecule has 10 nitrogen and oxygen atoms in total. The molecular formula is C27H34N8O2. The van der Waals surface area contributed by atoms with Crippen LogP contribution in [0.2, 0.25) is 0 Å². The maximum Gasteiger partial charge on any atom is 0.295 e. The van der Waals surface area contributed by atoms with Crippen molar-refractivity contribution in [2.24, 2.45) is 11.8 Å². The number of aromatic nitrogens is 6. The van der Waals surface area contributed by atoms with Crippen molar-refractivity contribution in [2.75, 3.05) is 25.0 Å². The summed E-state index contributed by atoms with van der Waals surface area (Å²) in [5.74, 6) is 2.32. The smallest absolute Gasteiger partial charge is 0.295 e. The van der Waals surface area contributed by atoms with Gasteiger partial charge >= 0.3 is 0 Å². The molecule has 0 bridgehead atoms. The molecule has 2 aliphatic carbocycles. The van der Waals surface area contributed by atoms with Gasteiger partial charge in [0, 0.05) is 38.5 Å². The summed E-state index contributed by atoms with van der Waals surface area (Å²) in [5, 5.41) is 3.34. The molecule has 0 unspecified atom stereocenters. The second-order valence-corrected chi connectivity index (χ2v) is 10.9. The summed E-state index contributed by atoms with van der Waals surface area (Å²) in [4.78, 5) is 50.6. The van der Waals surface area contributed by atoms with Crippen molar-refractivity contribution >= 4 is 22.9 Å². The molecule has 2 saturated carbocycles. The SMILES string of the molecule is CC(=O)N1CCC(CNc2nc3cnc(-c4c(C)ncnc4C4CC4)nc3n([C@@H](C)C3CC3)c2=O)CC1. The predicted octanol–water partition coefficient (Wildman–Crippen LogP) is 3.47. The highest BCUT2D eigenvalue weighted by Gasteiger charge is 2.33. The fraction of sp³-hybridized carbons (Fsp3) is 0.593. The number of carbonyl (C=O) groups is 1. The van der Waals surface area contributed by atoms with Gasteiger partial charge in [-0.2, -0.15) is 0 Å². The number of likely N-dealkylation sites (tertiary alicyclic amines) is 1. The average Bonchev–Trinajstić information content (AvgIpc) is 3.81. The van der Waals surface area contributed by atoms with Gasteiger partial charge in [-0.15, -0.1) is 0 Å². The lowest BCUT2D eigenvalue weighted by molar-refractivity contribution is -0.130. The summed E-state index contributed by atoms with van der Waals surface area (Å²) >= 11 is 0. The average molecular weight is 503 g/mol. The van der Waals surface area contributed by atoms with Gasteiger partial charge < -0.3 is 10.2 Å². The van der Waals surface area contributed by atoms with E-state index in [0.29, 0.717) is 47.1 Å². The molecule has 0 spiro atoms. The van der Waals surface area contributed by atoms with E-state index in [2.05, 4.69) is 32.2 Å². The molecule has 1 N–H and O–H groups in total. The number of hydrogen-bond acceptors (Lipinski definition) is 8. The van der Waals surface area contributed by atoms with E-state index in [-0.39, 0.29) is 17.5 Å². The van der Waals surface area contributed by atoms with Crippen molar-refractivity contribution in [3.8, 4) is 11.4 Å². The van der Waals surface area contributed by atoms with E-state index in [1.54, 1.807) is 19.4 Å². The maximum atomic E-state index is 13.8. The predicted molar refractivity (Wildman–Crippen MR) is 140 cm³/mol. The molecule has 0 aromatic carbocycles. The Morgan fingerprint density at radius 2 is 1.84 bits per heavy atom. The molecule has 1 amide bonds. The van der Waals surface area contributed by atoms with Gasteiger partial charge in [0.2, 0.25) is 5.91 Å². The van der Waals surface area contributed by atoms with Crippen LogP contribution in [-0.2, 0) is 4.79 Å². The van der Waals surface area contributed by atoms with Crippen molar-refractivity contribution in [3.05, 3.63) is 34.3 Å².